The number of benzene rings is 1. The SMILES string of the molecule is CC(C)(CO)[C@H](c1cccc(C(F)(F)F)c1F)N1CCNCC1. The van der Waals surface area contributed by atoms with Gasteiger partial charge in [-0.15, -0.1) is 0 Å². The zero-order valence-electron chi connectivity index (χ0n) is 13.3. The van der Waals surface area contributed by atoms with Crippen LogP contribution in [0.2, 0.25) is 0 Å². The quantitative estimate of drug-likeness (QED) is 0.831. The third-order valence-corrected chi connectivity index (χ3v) is 4.29. The number of aliphatic hydroxyl groups is 1. The van der Waals surface area contributed by atoms with Gasteiger partial charge < -0.3 is 10.4 Å². The van der Waals surface area contributed by atoms with Crippen molar-refractivity contribution in [1.29, 1.82) is 0 Å². The number of nitrogens with zero attached hydrogens (tertiary/aromatic N) is 1. The number of halogens is 4. The summed E-state index contributed by atoms with van der Waals surface area (Å²) in [6.45, 7) is 5.75. The number of alkyl halides is 3. The molecule has 23 heavy (non-hydrogen) atoms. The summed E-state index contributed by atoms with van der Waals surface area (Å²) < 4.78 is 53.6. The van der Waals surface area contributed by atoms with Crippen LogP contribution in [0.25, 0.3) is 0 Å². The second-order valence-corrected chi connectivity index (χ2v) is 6.54. The van der Waals surface area contributed by atoms with Gasteiger partial charge in [-0.1, -0.05) is 26.0 Å². The molecule has 1 aliphatic rings. The van der Waals surface area contributed by atoms with E-state index >= 15 is 0 Å². The molecule has 1 aromatic carbocycles. The minimum absolute atomic E-state index is 0.0132. The summed E-state index contributed by atoms with van der Waals surface area (Å²) in [5.41, 5.74) is -2.05. The first-order chi connectivity index (χ1) is 10.7. The van der Waals surface area contributed by atoms with Gasteiger partial charge in [-0.05, 0) is 6.07 Å². The number of hydrogen-bond acceptors (Lipinski definition) is 3. The van der Waals surface area contributed by atoms with E-state index in [0.717, 1.165) is 6.07 Å². The van der Waals surface area contributed by atoms with Crippen molar-refractivity contribution >= 4 is 0 Å². The van der Waals surface area contributed by atoms with Crippen LogP contribution in [0, 0.1) is 11.2 Å². The van der Waals surface area contributed by atoms with Gasteiger partial charge in [-0.3, -0.25) is 4.90 Å². The van der Waals surface area contributed by atoms with E-state index in [1.165, 1.54) is 12.1 Å². The summed E-state index contributed by atoms with van der Waals surface area (Å²) in [6, 6.07) is 2.73. The highest BCUT2D eigenvalue weighted by Crippen LogP contribution is 2.42. The summed E-state index contributed by atoms with van der Waals surface area (Å²) >= 11 is 0. The average molecular weight is 334 g/mol. The second-order valence-electron chi connectivity index (χ2n) is 6.54. The van der Waals surface area contributed by atoms with Crippen LogP contribution in [-0.2, 0) is 6.18 Å². The Morgan fingerprint density at radius 3 is 2.35 bits per heavy atom. The van der Waals surface area contributed by atoms with Crippen molar-refractivity contribution in [2.24, 2.45) is 5.41 Å². The second kappa shape index (κ2) is 6.75. The Kier molecular flexibility index (Phi) is 5.33. The Morgan fingerprint density at radius 1 is 1.22 bits per heavy atom. The number of nitrogens with one attached hydrogen (secondary N) is 1. The molecule has 1 heterocycles. The topological polar surface area (TPSA) is 35.5 Å². The van der Waals surface area contributed by atoms with Crippen LogP contribution in [0.4, 0.5) is 17.6 Å². The van der Waals surface area contributed by atoms with Crippen LogP contribution in [0.5, 0.6) is 0 Å². The number of aliphatic hydroxyl groups excluding tert-OH is 1. The maximum absolute atomic E-state index is 14.6. The van der Waals surface area contributed by atoms with Gasteiger partial charge in [-0.25, -0.2) is 4.39 Å². The molecule has 1 fully saturated rings. The molecule has 2 rings (SSSR count). The van der Waals surface area contributed by atoms with E-state index in [2.05, 4.69) is 5.32 Å². The van der Waals surface area contributed by atoms with Crippen molar-refractivity contribution in [3.8, 4) is 0 Å². The normalized spacial score (nSPS) is 18.9. The molecular weight excluding hydrogens is 312 g/mol. The number of hydrogen-bond donors (Lipinski definition) is 2. The lowest BCUT2D eigenvalue weighted by Gasteiger charge is -2.43. The van der Waals surface area contributed by atoms with Crippen LogP contribution >= 0.6 is 0 Å². The molecular formula is C16H22F4N2O. The van der Waals surface area contributed by atoms with E-state index < -0.39 is 29.0 Å². The zero-order valence-corrected chi connectivity index (χ0v) is 13.3. The Balaban J connectivity index is 2.51. The van der Waals surface area contributed by atoms with Crippen molar-refractivity contribution in [2.45, 2.75) is 26.1 Å². The lowest BCUT2D eigenvalue weighted by molar-refractivity contribution is -0.140. The van der Waals surface area contributed by atoms with E-state index in [-0.39, 0.29) is 12.2 Å². The molecule has 0 aromatic heterocycles. The molecule has 0 spiro atoms. The summed E-state index contributed by atoms with van der Waals surface area (Å²) in [5.74, 6) is -1.25. The summed E-state index contributed by atoms with van der Waals surface area (Å²) in [7, 11) is 0. The number of rotatable bonds is 4. The van der Waals surface area contributed by atoms with Gasteiger partial charge in [-0.2, -0.15) is 13.2 Å². The van der Waals surface area contributed by atoms with E-state index in [1.54, 1.807) is 13.8 Å². The Morgan fingerprint density at radius 2 is 1.83 bits per heavy atom. The fourth-order valence-electron chi connectivity index (χ4n) is 3.12. The minimum atomic E-state index is -4.74. The molecule has 3 nitrogen and oxygen atoms in total. The molecule has 2 N–H and O–H groups in total. The van der Waals surface area contributed by atoms with E-state index in [0.29, 0.717) is 26.2 Å². The molecule has 1 saturated heterocycles. The molecule has 1 aliphatic heterocycles. The van der Waals surface area contributed by atoms with Gasteiger partial charge in [0.15, 0.2) is 0 Å². The molecule has 1 aromatic rings. The van der Waals surface area contributed by atoms with Crippen LogP contribution in [-0.4, -0.2) is 42.8 Å². The number of piperazine rings is 1. The van der Waals surface area contributed by atoms with Crippen molar-refractivity contribution in [3.05, 3.63) is 35.1 Å². The first-order valence-corrected chi connectivity index (χ1v) is 7.59. The van der Waals surface area contributed by atoms with Crippen molar-refractivity contribution in [1.82, 2.24) is 10.2 Å². The van der Waals surface area contributed by atoms with Crippen LogP contribution in [0.1, 0.15) is 31.0 Å². The largest absolute Gasteiger partial charge is 0.419 e. The van der Waals surface area contributed by atoms with E-state index in [4.69, 9.17) is 0 Å². The summed E-state index contributed by atoms with van der Waals surface area (Å²) in [5, 5.41) is 12.9. The Hall–Kier alpha value is -1.18. The molecule has 0 unspecified atom stereocenters. The van der Waals surface area contributed by atoms with Crippen LogP contribution < -0.4 is 5.32 Å². The highest BCUT2D eigenvalue weighted by Gasteiger charge is 2.41. The Bertz CT molecular complexity index is 539. The first kappa shape index (κ1) is 18.2. The molecule has 130 valence electrons. The molecule has 7 heteroatoms. The van der Waals surface area contributed by atoms with Gasteiger partial charge >= 0.3 is 6.18 Å². The van der Waals surface area contributed by atoms with Crippen molar-refractivity contribution < 1.29 is 22.7 Å². The average Bonchev–Trinajstić information content (AvgIpc) is 2.49. The van der Waals surface area contributed by atoms with Gasteiger partial charge in [0.25, 0.3) is 0 Å². The molecule has 0 bridgehead atoms. The predicted molar refractivity (Wildman–Crippen MR) is 79.5 cm³/mol. The molecule has 0 aliphatic carbocycles. The van der Waals surface area contributed by atoms with Gasteiger partial charge in [0, 0.05) is 49.8 Å². The molecule has 0 saturated carbocycles. The lowest BCUT2D eigenvalue weighted by atomic mass is 9.79. The maximum atomic E-state index is 14.6. The smallest absolute Gasteiger partial charge is 0.396 e. The third kappa shape index (κ3) is 3.84. The fourth-order valence-corrected chi connectivity index (χ4v) is 3.12. The van der Waals surface area contributed by atoms with Gasteiger partial charge in [0.1, 0.15) is 5.82 Å². The molecule has 1 atom stereocenters. The van der Waals surface area contributed by atoms with Crippen molar-refractivity contribution in [2.75, 3.05) is 32.8 Å². The molecule has 0 radical (unpaired) electrons. The molecule has 0 amide bonds. The summed E-state index contributed by atoms with van der Waals surface area (Å²) in [4.78, 5) is 1.94. The van der Waals surface area contributed by atoms with E-state index in [1.807, 2.05) is 4.90 Å². The van der Waals surface area contributed by atoms with Crippen LogP contribution in [0.3, 0.4) is 0 Å². The van der Waals surface area contributed by atoms with Gasteiger partial charge in [0.05, 0.1) is 5.56 Å². The highest BCUT2D eigenvalue weighted by molar-refractivity contribution is 5.31. The Labute approximate surface area is 133 Å². The fraction of sp³-hybridized carbons (Fsp3) is 0.625. The standard InChI is InChI=1S/C16H22F4N2O/c1-15(2,10-23)14(22-8-6-21-7-9-22)11-4-3-5-12(13(11)17)16(18,19)20/h3-5,14,21,23H,6-10H2,1-2H3/t14-/m0/s1. The highest BCUT2D eigenvalue weighted by atomic mass is 19.4. The summed E-state index contributed by atoms with van der Waals surface area (Å²) in [6.07, 6.45) is -4.74. The van der Waals surface area contributed by atoms with Crippen LogP contribution in [0.15, 0.2) is 18.2 Å². The lowest BCUT2D eigenvalue weighted by Crippen LogP contribution is -2.49. The first-order valence-electron chi connectivity index (χ1n) is 7.59. The maximum Gasteiger partial charge on any atom is 0.419 e. The van der Waals surface area contributed by atoms with Gasteiger partial charge in [0.2, 0.25) is 0 Å². The predicted octanol–water partition coefficient (Wildman–Crippen LogP) is 2.81. The monoisotopic (exact) mass is 334 g/mol. The third-order valence-electron chi connectivity index (χ3n) is 4.29. The van der Waals surface area contributed by atoms with Crippen molar-refractivity contribution in [3.63, 3.8) is 0 Å². The minimum Gasteiger partial charge on any atom is -0.396 e. The van der Waals surface area contributed by atoms with E-state index in [9.17, 15) is 22.7 Å². The zero-order chi connectivity index (χ0) is 17.3.